The fourth-order valence-electron chi connectivity index (χ4n) is 3.20. The molecule has 0 aromatic heterocycles. The molecule has 8 nitrogen and oxygen atoms in total. The molecule has 0 spiro atoms. The van der Waals surface area contributed by atoms with Crippen molar-refractivity contribution < 1.29 is 23.9 Å². The summed E-state index contributed by atoms with van der Waals surface area (Å²) in [4.78, 5) is 38.0. The minimum atomic E-state index is -0.503. The Balaban J connectivity index is 1.61. The molecule has 1 saturated heterocycles. The fourth-order valence-corrected chi connectivity index (χ4v) is 3.20. The summed E-state index contributed by atoms with van der Waals surface area (Å²) in [6.07, 6.45) is 1.69. The van der Waals surface area contributed by atoms with Gasteiger partial charge in [-0.05, 0) is 63.8 Å². The van der Waals surface area contributed by atoms with Crippen molar-refractivity contribution in [2.75, 3.05) is 33.3 Å². The van der Waals surface area contributed by atoms with Crippen LogP contribution in [0.3, 0.4) is 0 Å². The van der Waals surface area contributed by atoms with Crippen molar-refractivity contribution in [3.63, 3.8) is 0 Å². The Morgan fingerprint density at radius 2 is 1.63 bits per heavy atom. The van der Waals surface area contributed by atoms with Gasteiger partial charge in [-0.25, -0.2) is 4.79 Å². The van der Waals surface area contributed by atoms with Crippen molar-refractivity contribution in [3.05, 3.63) is 29.8 Å². The van der Waals surface area contributed by atoms with Crippen molar-refractivity contribution in [1.82, 2.24) is 15.5 Å². The highest BCUT2D eigenvalue weighted by molar-refractivity contribution is 5.94. The molecular formula is C22H33N3O5. The quantitative estimate of drug-likeness (QED) is 0.662. The molecule has 3 amide bonds. The van der Waals surface area contributed by atoms with Gasteiger partial charge in [-0.15, -0.1) is 0 Å². The third kappa shape index (κ3) is 7.93. The van der Waals surface area contributed by atoms with E-state index in [9.17, 15) is 14.4 Å². The number of hydrogen-bond donors (Lipinski definition) is 2. The van der Waals surface area contributed by atoms with Gasteiger partial charge in [-0.3, -0.25) is 9.59 Å². The Labute approximate surface area is 178 Å². The van der Waals surface area contributed by atoms with Gasteiger partial charge in [-0.1, -0.05) is 0 Å². The van der Waals surface area contributed by atoms with E-state index in [-0.39, 0.29) is 23.8 Å². The van der Waals surface area contributed by atoms with Crippen molar-refractivity contribution in [3.8, 4) is 5.75 Å². The van der Waals surface area contributed by atoms with Crippen molar-refractivity contribution >= 4 is 17.9 Å². The van der Waals surface area contributed by atoms with Gasteiger partial charge in [0.25, 0.3) is 5.91 Å². The second kappa shape index (κ2) is 10.8. The zero-order valence-electron chi connectivity index (χ0n) is 18.3. The van der Waals surface area contributed by atoms with Crippen LogP contribution in [0.5, 0.6) is 5.75 Å². The van der Waals surface area contributed by atoms with Gasteiger partial charge in [0.2, 0.25) is 5.91 Å². The van der Waals surface area contributed by atoms with Gasteiger partial charge < -0.3 is 25.0 Å². The molecule has 2 N–H and O–H groups in total. The highest BCUT2D eigenvalue weighted by Crippen LogP contribution is 2.22. The minimum Gasteiger partial charge on any atom is -0.497 e. The fraction of sp³-hybridized carbons (Fsp3) is 0.591. The Hall–Kier alpha value is -2.77. The third-order valence-electron chi connectivity index (χ3n) is 4.83. The molecule has 1 fully saturated rings. The SMILES string of the molecule is COc1ccc(C(=O)NCCNC(=O)CC2CCN(C(=O)OC(C)(C)C)CC2)cc1. The van der Waals surface area contributed by atoms with E-state index in [4.69, 9.17) is 9.47 Å². The zero-order valence-corrected chi connectivity index (χ0v) is 18.3. The maximum Gasteiger partial charge on any atom is 0.410 e. The molecule has 0 atom stereocenters. The Morgan fingerprint density at radius 3 is 2.20 bits per heavy atom. The smallest absolute Gasteiger partial charge is 0.410 e. The van der Waals surface area contributed by atoms with E-state index >= 15 is 0 Å². The molecule has 1 aromatic carbocycles. The molecule has 2 rings (SSSR count). The normalized spacial score (nSPS) is 14.7. The molecule has 0 saturated carbocycles. The van der Waals surface area contributed by atoms with Crippen LogP contribution in [0.2, 0.25) is 0 Å². The van der Waals surface area contributed by atoms with Crippen molar-refractivity contribution in [2.24, 2.45) is 5.92 Å². The number of carbonyl (C=O) groups excluding carboxylic acids is 3. The highest BCUT2D eigenvalue weighted by Gasteiger charge is 2.27. The van der Waals surface area contributed by atoms with Gasteiger partial charge in [0.05, 0.1) is 7.11 Å². The number of rotatable bonds is 7. The maximum atomic E-state index is 12.2. The number of likely N-dealkylation sites (tertiary alicyclic amines) is 1. The number of ether oxygens (including phenoxy) is 2. The van der Waals surface area contributed by atoms with E-state index in [1.54, 1.807) is 36.3 Å². The Morgan fingerprint density at radius 1 is 1.03 bits per heavy atom. The average Bonchev–Trinajstić information content (AvgIpc) is 2.70. The first-order valence-electron chi connectivity index (χ1n) is 10.3. The molecule has 166 valence electrons. The summed E-state index contributed by atoms with van der Waals surface area (Å²) in [7, 11) is 1.57. The summed E-state index contributed by atoms with van der Waals surface area (Å²) < 4.78 is 10.5. The largest absolute Gasteiger partial charge is 0.497 e. The summed E-state index contributed by atoms with van der Waals surface area (Å²) in [5.74, 6) is 0.708. The molecule has 1 aliphatic heterocycles. The lowest BCUT2D eigenvalue weighted by molar-refractivity contribution is -0.122. The lowest BCUT2D eigenvalue weighted by Gasteiger charge is -2.33. The number of nitrogens with one attached hydrogen (secondary N) is 2. The van der Waals surface area contributed by atoms with E-state index in [1.165, 1.54) is 0 Å². The molecule has 1 aromatic rings. The summed E-state index contributed by atoms with van der Waals surface area (Å²) >= 11 is 0. The molecule has 0 aliphatic carbocycles. The summed E-state index contributed by atoms with van der Waals surface area (Å²) in [6.45, 7) is 7.48. The third-order valence-corrected chi connectivity index (χ3v) is 4.83. The molecule has 8 heteroatoms. The summed E-state index contributed by atoms with van der Waals surface area (Å²) in [5.41, 5.74) is 0.0373. The predicted octanol–water partition coefficient (Wildman–Crippen LogP) is 2.58. The highest BCUT2D eigenvalue weighted by atomic mass is 16.6. The monoisotopic (exact) mass is 419 g/mol. The zero-order chi connectivity index (χ0) is 22.1. The van der Waals surface area contributed by atoms with Gasteiger partial charge in [0, 0.05) is 38.2 Å². The summed E-state index contributed by atoms with van der Waals surface area (Å²) in [5, 5.41) is 5.62. The maximum absolute atomic E-state index is 12.2. The van der Waals surface area contributed by atoms with Crippen LogP contribution in [0.4, 0.5) is 4.79 Å². The van der Waals surface area contributed by atoms with Crippen LogP contribution in [-0.4, -0.2) is 61.7 Å². The average molecular weight is 420 g/mol. The Kier molecular flexibility index (Phi) is 8.50. The molecule has 0 radical (unpaired) electrons. The summed E-state index contributed by atoms with van der Waals surface area (Å²) in [6, 6.07) is 6.84. The van der Waals surface area contributed by atoms with Crippen LogP contribution in [0.1, 0.15) is 50.4 Å². The lowest BCUT2D eigenvalue weighted by Crippen LogP contribution is -2.42. The van der Waals surface area contributed by atoms with Crippen molar-refractivity contribution in [1.29, 1.82) is 0 Å². The van der Waals surface area contributed by atoms with E-state index in [2.05, 4.69) is 10.6 Å². The minimum absolute atomic E-state index is 0.0376. The van der Waals surface area contributed by atoms with Gasteiger partial charge in [0.15, 0.2) is 0 Å². The van der Waals surface area contributed by atoms with Gasteiger partial charge in [0.1, 0.15) is 11.4 Å². The number of benzene rings is 1. The molecular weight excluding hydrogens is 386 g/mol. The van der Waals surface area contributed by atoms with Crippen LogP contribution in [-0.2, 0) is 9.53 Å². The topological polar surface area (TPSA) is 97.0 Å². The number of nitrogens with zero attached hydrogens (tertiary/aromatic N) is 1. The van der Waals surface area contributed by atoms with E-state index < -0.39 is 5.60 Å². The molecule has 30 heavy (non-hydrogen) atoms. The van der Waals surface area contributed by atoms with E-state index in [0.29, 0.717) is 43.9 Å². The van der Waals surface area contributed by atoms with Gasteiger partial charge in [-0.2, -0.15) is 0 Å². The van der Waals surface area contributed by atoms with Crippen LogP contribution in [0.15, 0.2) is 24.3 Å². The Bertz CT molecular complexity index is 719. The lowest BCUT2D eigenvalue weighted by atomic mass is 9.93. The van der Waals surface area contributed by atoms with Crippen LogP contribution in [0, 0.1) is 5.92 Å². The number of piperidine rings is 1. The first-order valence-corrected chi connectivity index (χ1v) is 10.3. The van der Waals surface area contributed by atoms with Crippen molar-refractivity contribution in [2.45, 2.75) is 45.6 Å². The van der Waals surface area contributed by atoms with Crippen LogP contribution < -0.4 is 15.4 Å². The first kappa shape index (κ1) is 23.5. The number of amides is 3. The predicted molar refractivity (Wildman–Crippen MR) is 113 cm³/mol. The molecule has 1 aliphatic rings. The number of carbonyl (C=O) groups is 3. The first-order chi connectivity index (χ1) is 14.2. The van der Waals surface area contributed by atoms with E-state index in [0.717, 1.165) is 12.8 Å². The van der Waals surface area contributed by atoms with Crippen LogP contribution >= 0.6 is 0 Å². The number of hydrogen-bond acceptors (Lipinski definition) is 5. The van der Waals surface area contributed by atoms with Crippen LogP contribution in [0.25, 0.3) is 0 Å². The second-order valence-corrected chi connectivity index (χ2v) is 8.45. The van der Waals surface area contributed by atoms with E-state index in [1.807, 2.05) is 20.8 Å². The number of methoxy groups -OCH3 is 1. The standard InChI is InChI=1S/C22H33N3O5/c1-22(2,3)30-21(28)25-13-9-16(10-14-25)15-19(26)23-11-12-24-20(27)17-5-7-18(29-4)8-6-17/h5-8,16H,9-15H2,1-4H3,(H,23,26)(H,24,27). The molecule has 0 bridgehead atoms. The molecule has 1 heterocycles. The van der Waals surface area contributed by atoms with Gasteiger partial charge >= 0.3 is 6.09 Å². The molecule has 0 unspecified atom stereocenters. The second-order valence-electron chi connectivity index (χ2n) is 8.45.